The molecule has 0 radical (unpaired) electrons. The number of halogens is 3. The lowest BCUT2D eigenvalue weighted by Crippen LogP contribution is -2.49. The minimum Gasteiger partial charge on any atom is -0.364 e. The molecule has 1 N–H and O–H groups in total. The first-order valence-electron chi connectivity index (χ1n) is 10.6. The van der Waals surface area contributed by atoms with Crippen molar-refractivity contribution < 1.29 is 18.0 Å². The predicted octanol–water partition coefficient (Wildman–Crippen LogP) is 4.19. The van der Waals surface area contributed by atoms with Gasteiger partial charge in [0.05, 0.1) is 16.6 Å². The number of rotatable bonds is 4. The molecule has 166 valence electrons. The van der Waals surface area contributed by atoms with Gasteiger partial charge in [-0.3, -0.25) is 4.79 Å². The molecule has 9 heteroatoms. The van der Waals surface area contributed by atoms with Crippen LogP contribution in [0.1, 0.15) is 28.8 Å². The number of alkyl halides is 3. The number of nitrogens with one attached hydrogen (secondary N) is 1. The van der Waals surface area contributed by atoms with E-state index in [2.05, 4.69) is 10.2 Å². The zero-order valence-electron chi connectivity index (χ0n) is 17.3. The van der Waals surface area contributed by atoms with E-state index in [0.29, 0.717) is 32.2 Å². The molecule has 32 heavy (non-hydrogen) atoms. The quantitative estimate of drug-likeness (QED) is 0.658. The van der Waals surface area contributed by atoms with Crippen LogP contribution in [0.25, 0.3) is 11.0 Å². The highest BCUT2D eigenvalue weighted by atomic mass is 19.4. The Morgan fingerprint density at radius 1 is 0.906 bits per heavy atom. The van der Waals surface area contributed by atoms with Gasteiger partial charge in [-0.05, 0) is 49.2 Å². The first-order chi connectivity index (χ1) is 15.4. The fourth-order valence-electron chi connectivity index (χ4n) is 3.83. The van der Waals surface area contributed by atoms with Crippen molar-refractivity contribution in [2.45, 2.75) is 25.1 Å². The Morgan fingerprint density at radius 3 is 2.12 bits per heavy atom. The van der Waals surface area contributed by atoms with Crippen molar-refractivity contribution >= 4 is 28.6 Å². The highest BCUT2D eigenvalue weighted by molar-refractivity contribution is 5.94. The number of benzene rings is 2. The van der Waals surface area contributed by atoms with E-state index in [1.165, 1.54) is 12.1 Å². The van der Waals surface area contributed by atoms with Crippen molar-refractivity contribution in [3.8, 4) is 0 Å². The summed E-state index contributed by atoms with van der Waals surface area (Å²) >= 11 is 0. The number of aromatic nitrogens is 2. The summed E-state index contributed by atoms with van der Waals surface area (Å²) in [6, 6.07) is 12.5. The number of amides is 1. The molecule has 6 nitrogen and oxygen atoms in total. The molecule has 1 saturated carbocycles. The van der Waals surface area contributed by atoms with Crippen molar-refractivity contribution in [2.24, 2.45) is 0 Å². The molecule has 1 amide bonds. The summed E-state index contributed by atoms with van der Waals surface area (Å²) < 4.78 is 38.3. The predicted molar refractivity (Wildman–Crippen MR) is 116 cm³/mol. The highest BCUT2D eigenvalue weighted by Crippen LogP contribution is 2.32. The molecule has 0 unspecified atom stereocenters. The van der Waals surface area contributed by atoms with Crippen molar-refractivity contribution in [1.82, 2.24) is 14.9 Å². The van der Waals surface area contributed by atoms with E-state index in [-0.39, 0.29) is 11.5 Å². The maximum atomic E-state index is 12.8. The zero-order chi connectivity index (χ0) is 22.3. The molecular formula is C23H22F3N5O. The number of fused-ring (bicyclic) bond motifs is 1. The fraction of sp³-hybridized carbons (Fsp3) is 0.348. The average Bonchev–Trinajstić information content (AvgIpc) is 3.62. The van der Waals surface area contributed by atoms with Gasteiger partial charge in [0.1, 0.15) is 0 Å². The van der Waals surface area contributed by atoms with Crippen LogP contribution in [0, 0.1) is 0 Å². The summed E-state index contributed by atoms with van der Waals surface area (Å²) in [4.78, 5) is 26.2. The third-order valence-corrected chi connectivity index (χ3v) is 5.80. The molecule has 0 spiro atoms. The van der Waals surface area contributed by atoms with Crippen molar-refractivity contribution in [3.63, 3.8) is 0 Å². The van der Waals surface area contributed by atoms with Crippen LogP contribution < -0.4 is 10.2 Å². The number of hydrogen-bond acceptors (Lipinski definition) is 5. The molecule has 2 aromatic carbocycles. The molecule has 3 aromatic rings. The third-order valence-electron chi connectivity index (χ3n) is 5.80. The molecule has 0 bridgehead atoms. The van der Waals surface area contributed by atoms with E-state index < -0.39 is 11.7 Å². The van der Waals surface area contributed by atoms with Crippen molar-refractivity contribution in [3.05, 3.63) is 59.7 Å². The Bertz CT molecular complexity index is 1140. The first kappa shape index (κ1) is 20.5. The van der Waals surface area contributed by atoms with Crippen LogP contribution in [0.2, 0.25) is 0 Å². The number of piperazine rings is 1. The topological polar surface area (TPSA) is 61.4 Å². The van der Waals surface area contributed by atoms with E-state index in [1.807, 2.05) is 24.3 Å². The zero-order valence-corrected chi connectivity index (χ0v) is 17.3. The van der Waals surface area contributed by atoms with Crippen LogP contribution in [0.15, 0.2) is 48.5 Å². The number of anilines is 2. The van der Waals surface area contributed by atoms with Crippen molar-refractivity contribution in [2.75, 3.05) is 36.4 Å². The Labute approximate surface area is 183 Å². The van der Waals surface area contributed by atoms with E-state index in [9.17, 15) is 18.0 Å². The van der Waals surface area contributed by atoms with Crippen LogP contribution in [0.5, 0.6) is 0 Å². The van der Waals surface area contributed by atoms with Gasteiger partial charge in [0, 0.05) is 37.8 Å². The normalized spacial score (nSPS) is 17.0. The maximum absolute atomic E-state index is 12.8. The number of nitrogens with zero attached hydrogens (tertiary/aromatic N) is 4. The Morgan fingerprint density at radius 2 is 1.53 bits per heavy atom. The lowest BCUT2D eigenvalue weighted by molar-refractivity contribution is -0.137. The first-order valence-corrected chi connectivity index (χ1v) is 10.6. The van der Waals surface area contributed by atoms with Gasteiger partial charge in [-0.15, -0.1) is 0 Å². The second-order valence-corrected chi connectivity index (χ2v) is 8.16. The monoisotopic (exact) mass is 441 g/mol. The van der Waals surface area contributed by atoms with Gasteiger partial charge in [0.25, 0.3) is 5.91 Å². The van der Waals surface area contributed by atoms with Gasteiger partial charge < -0.3 is 15.1 Å². The summed E-state index contributed by atoms with van der Waals surface area (Å²) in [5.74, 6) is 1.27. The second kappa shape index (κ2) is 7.96. The third kappa shape index (κ3) is 4.19. The average molecular weight is 441 g/mol. The minimum atomic E-state index is -4.42. The molecule has 2 fully saturated rings. The van der Waals surface area contributed by atoms with Gasteiger partial charge in [-0.25, -0.2) is 9.97 Å². The molecule has 1 saturated heterocycles. The largest absolute Gasteiger partial charge is 0.416 e. The maximum Gasteiger partial charge on any atom is 0.416 e. The van der Waals surface area contributed by atoms with Gasteiger partial charge in [0.2, 0.25) is 0 Å². The lowest BCUT2D eigenvalue weighted by atomic mass is 10.1. The lowest BCUT2D eigenvalue weighted by Gasteiger charge is -2.36. The molecule has 5 rings (SSSR count). The van der Waals surface area contributed by atoms with Gasteiger partial charge in [0.15, 0.2) is 11.6 Å². The Kier molecular flexibility index (Phi) is 5.11. The SMILES string of the molecule is O=C(c1ccc(C(F)(F)F)cc1)N1CCN(c2nc3ccccc3nc2NC2CC2)CC1. The highest BCUT2D eigenvalue weighted by Gasteiger charge is 2.31. The summed E-state index contributed by atoms with van der Waals surface area (Å²) in [7, 11) is 0. The van der Waals surface area contributed by atoms with Crippen molar-refractivity contribution in [1.29, 1.82) is 0 Å². The fourth-order valence-corrected chi connectivity index (χ4v) is 3.83. The Balaban J connectivity index is 1.31. The van der Waals surface area contributed by atoms with Gasteiger partial charge >= 0.3 is 6.18 Å². The van der Waals surface area contributed by atoms with E-state index in [0.717, 1.165) is 47.6 Å². The summed E-state index contributed by atoms with van der Waals surface area (Å²) in [5, 5.41) is 3.46. The number of carbonyl (C=O) groups excluding carboxylic acids is 1. The minimum absolute atomic E-state index is 0.257. The van der Waals surface area contributed by atoms with Crippen LogP contribution in [-0.4, -0.2) is 53.0 Å². The number of carbonyl (C=O) groups is 1. The van der Waals surface area contributed by atoms with E-state index in [1.54, 1.807) is 4.90 Å². The van der Waals surface area contributed by atoms with Gasteiger partial charge in [-0.1, -0.05) is 12.1 Å². The van der Waals surface area contributed by atoms with Crippen LogP contribution in [0.3, 0.4) is 0 Å². The molecule has 2 heterocycles. The Hall–Kier alpha value is -3.36. The molecule has 1 aliphatic heterocycles. The molecule has 1 aliphatic carbocycles. The van der Waals surface area contributed by atoms with Crippen LogP contribution >= 0.6 is 0 Å². The molecule has 1 aromatic heterocycles. The standard InChI is InChI=1S/C23H22F3N5O/c24-23(25,26)16-7-5-15(6-8-16)22(32)31-13-11-30(12-14-31)21-20(27-17-9-10-17)28-18-3-1-2-4-19(18)29-21/h1-8,17H,9-14H2,(H,27,28). The smallest absolute Gasteiger partial charge is 0.364 e. The van der Waals surface area contributed by atoms with Crippen LogP contribution in [0.4, 0.5) is 24.8 Å². The summed E-state index contributed by atoms with van der Waals surface area (Å²) in [6.07, 6.45) is -2.19. The summed E-state index contributed by atoms with van der Waals surface area (Å²) in [6.45, 7) is 2.05. The molecule has 2 aliphatic rings. The second-order valence-electron chi connectivity index (χ2n) is 8.16. The summed E-state index contributed by atoms with van der Waals surface area (Å²) in [5.41, 5.74) is 1.14. The number of hydrogen-bond donors (Lipinski definition) is 1. The van der Waals surface area contributed by atoms with E-state index in [4.69, 9.17) is 9.97 Å². The van der Waals surface area contributed by atoms with Crippen LogP contribution in [-0.2, 0) is 6.18 Å². The molecule has 0 atom stereocenters. The molecular weight excluding hydrogens is 419 g/mol. The number of para-hydroxylation sites is 2. The van der Waals surface area contributed by atoms with Gasteiger partial charge in [-0.2, -0.15) is 13.2 Å². The van der Waals surface area contributed by atoms with E-state index >= 15 is 0 Å².